The van der Waals surface area contributed by atoms with Gasteiger partial charge in [-0.1, -0.05) is 13.0 Å². The molecule has 0 aliphatic heterocycles. The molecule has 3 nitrogen and oxygen atoms in total. The van der Waals surface area contributed by atoms with E-state index in [0.29, 0.717) is 6.54 Å². The molecule has 66 valence electrons. The molecule has 1 aromatic heterocycles. The summed E-state index contributed by atoms with van der Waals surface area (Å²) in [5.41, 5.74) is 13.4. The monoisotopic (exact) mass is 165 g/mol. The van der Waals surface area contributed by atoms with Gasteiger partial charge < -0.3 is 11.5 Å². The average Bonchev–Trinajstić information content (AvgIpc) is 2.16. The summed E-state index contributed by atoms with van der Waals surface area (Å²) >= 11 is 0. The summed E-state index contributed by atoms with van der Waals surface area (Å²) in [6.45, 7) is 2.54. The Balaban J connectivity index is 2.96. The van der Waals surface area contributed by atoms with Gasteiger partial charge in [0.15, 0.2) is 0 Å². The van der Waals surface area contributed by atoms with Crippen molar-refractivity contribution < 1.29 is 0 Å². The van der Waals surface area contributed by atoms with Crippen molar-refractivity contribution in [1.29, 1.82) is 0 Å². The zero-order valence-corrected chi connectivity index (χ0v) is 7.33. The van der Waals surface area contributed by atoms with Crippen LogP contribution in [0.3, 0.4) is 0 Å². The molecule has 0 aromatic carbocycles. The van der Waals surface area contributed by atoms with E-state index in [2.05, 4.69) is 11.9 Å². The molecule has 0 bridgehead atoms. The SMILES string of the molecule is CCc1cccnc1[C@@H](N)CN. The second-order valence-electron chi connectivity index (χ2n) is 2.74. The van der Waals surface area contributed by atoms with Gasteiger partial charge in [-0.05, 0) is 18.1 Å². The molecule has 0 amide bonds. The first-order valence-electron chi connectivity index (χ1n) is 4.19. The highest BCUT2D eigenvalue weighted by Crippen LogP contribution is 2.12. The highest BCUT2D eigenvalue weighted by atomic mass is 14.8. The largest absolute Gasteiger partial charge is 0.329 e. The van der Waals surface area contributed by atoms with Crippen LogP contribution in [0.5, 0.6) is 0 Å². The minimum absolute atomic E-state index is 0.124. The van der Waals surface area contributed by atoms with Crippen LogP contribution >= 0.6 is 0 Å². The van der Waals surface area contributed by atoms with E-state index in [9.17, 15) is 0 Å². The molecule has 4 N–H and O–H groups in total. The van der Waals surface area contributed by atoms with Crippen LogP contribution in [-0.2, 0) is 6.42 Å². The fraction of sp³-hybridized carbons (Fsp3) is 0.444. The Morgan fingerprint density at radius 2 is 2.33 bits per heavy atom. The maximum absolute atomic E-state index is 5.78. The summed E-state index contributed by atoms with van der Waals surface area (Å²) in [6, 6.07) is 3.84. The molecule has 0 radical (unpaired) electrons. The van der Waals surface area contributed by atoms with E-state index in [4.69, 9.17) is 11.5 Å². The molecule has 0 aliphatic rings. The van der Waals surface area contributed by atoms with Crippen molar-refractivity contribution in [2.24, 2.45) is 11.5 Å². The lowest BCUT2D eigenvalue weighted by Gasteiger charge is -2.11. The average molecular weight is 165 g/mol. The summed E-state index contributed by atoms with van der Waals surface area (Å²) in [7, 11) is 0. The Hall–Kier alpha value is -0.930. The molecule has 0 unspecified atom stereocenters. The molecule has 3 heteroatoms. The molecular weight excluding hydrogens is 150 g/mol. The van der Waals surface area contributed by atoms with E-state index >= 15 is 0 Å². The lowest BCUT2D eigenvalue weighted by molar-refractivity contribution is 0.699. The molecular formula is C9H15N3. The maximum Gasteiger partial charge on any atom is 0.0615 e. The number of aromatic nitrogens is 1. The van der Waals surface area contributed by atoms with Gasteiger partial charge in [0, 0.05) is 12.7 Å². The summed E-state index contributed by atoms with van der Waals surface area (Å²) in [5.74, 6) is 0. The van der Waals surface area contributed by atoms with E-state index in [1.165, 1.54) is 5.56 Å². The fourth-order valence-corrected chi connectivity index (χ4v) is 1.20. The highest BCUT2D eigenvalue weighted by Gasteiger charge is 2.08. The standard InChI is InChI=1S/C9H15N3/c1-2-7-4-3-5-12-9(7)8(11)6-10/h3-5,8H,2,6,10-11H2,1H3/t8-/m0/s1. The molecule has 1 heterocycles. The lowest BCUT2D eigenvalue weighted by atomic mass is 10.1. The van der Waals surface area contributed by atoms with Gasteiger partial charge in [-0.15, -0.1) is 0 Å². The number of nitrogens with zero attached hydrogens (tertiary/aromatic N) is 1. The van der Waals surface area contributed by atoms with Crippen molar-refractivity contribution in [2.75, 3.05) is 6.54 Å². The third-order valence-electron chi connectivity index (χ3n) is 1.91. The molecule has 12 heavy (non-hydrogen) atoms. The van der Waals surface area contributed by atoms with Crippen molar-refractivity contribution >= 4 is 0 Å². The van der Waals surface area contributed by atoms with Crippen molar-refractivity contribution in [3.05, 3.63) is 29.6 Å². The van der Waals surface area contributed by atoms with E-state index < -0.39 is 0 Å². The van der Waals surface area contributed by atoms with Gasteiger partial charge in [0.05, 0.1) is 11.7 Å². The number of nitrogens with two attached hydrogens (primary N) is 2. The maximum atomic E-state index is 5.78. The minimum atomic E-state index is -0.124. The van der Waals surface area contributed by atoms with Gasteiger partial charge in [-0.3, -0.25) is 4.98 Å². The van der Waals surface area contributed by atoms with Crippen LogP contribution in [0.15, 0.2) is 18.3 Å². The first-order valence-corrected chi connectivity index (χ1v) is 4.19. The smallest absolute Gasteiger partial charge is 0.0615 e. The molecule has 0 saturated carbocycles. The molecule has 0 aliphatic carbocycles. The zero-order valence-electron chi connectivity index (χ0n) is 7.33. The van der Waals surface area contributed by atoms with Gasteiger partial charge in [0.1, 0.15) is 0 Å². The molecule has 1 atom stereocenters. The number of aryl methyl sites for hydroxylation is 1. The van der Waals surface area contributed by atoms with Crippen molar-refractivity contribution in [3.8, 4) is 0 Å². The Morgan fingerprint density at radius 3 is 2.92 bits per heavy atom. The van der Waals surface area contributed by atoms with Crippen LogP contribution in [0.25, 0.3) is 0 Å². The van der Waals surface area contributed by atoms with Gasteiger partial charge in [0.25, 0.3) is 0 Å². The van der Waals surface area contributed by atoms with Crippen LogP contribution in [0.1, 0.15) is 24.2 Å². The predicted molar refractivity (Wildman–Crippen MR) is 49.6 cm³/mol. The second kappa shape index (κ2) is 4.18. The Labute approximate surface area is 72.8 Å². The van der Waals surface area contributed by atoms with Gasteiger partial charge in [-0.2, -0.15) is 0 Å². The van der Waals surface area contributed by atoms with Crippen LogP contribution in [0.4, 0.5) is 0 Å². The van der Waals surface area contributed by atoms with Crippen LogP contribution in [0.2, 0.25) is 0 Å². The van der Waals surface area contributed by atoms with E-state index in [1.54, 1.807) is 6.20 Å². The number of hydrogen-bond acceptors (Lipinski definition) is 3. The summed E-state index contributed by atoms with van der Waals surface area (Å²) in [6.07, 6.45) is 2.71. The topological polar surface area (TPSA) is 64.9 Å². The molecule has 1 rings (SSSR count). The Bertz CT molecular complexity index is 247. The normalized spacial score (nSPS) is 12.9. The van der Waals surface area contributed by atoms with Crippen molar-refractivity contribution in [2.45, 2.75) is 19.4 Å². The third kappa shape index (κ3) is 1.81. The number of pyridine rings is 1. The second-order valence-corrected chi connectivity index (χ2v) is 2.74. The lowest BCUT2D eigenvalue weighted by Crippen LogP contribution is -2.23. The predicted octanol–water partition coefficient (Wildman–Crippen LogP) is 0.603. The summed E-state index contributed by atoms with van der Waals surface area (Å²) in [5, 5.41) is 0. The van der Waals surface area contributed by atoms with Crippen LogP contribution < -0.4 is 11.5 Å². The summed E-state index contributed by atoms with van der Waals surface area (Å²) < 4.78 is 0. The zero-order chi connectivity index (χ0) is 8.97. The third-order valence-corrected chi connectivity index (χ3v) is 1.91. The van der Waals surface area contributed by atoms with E-state index in [1.807, 2.05) is 12.1 Å². The van der Waals surface area contributed by atoms with E-state index in [-0.39, 0.29) is 6.04 Å². The molecule has 0 saturated heterocycles. The molecule has 1 aromatic rings. The Kier molecular flexibility index (Phi) is 3.19. The van der Waals surface area contributed by atoms with Crippen molar-refractivity contribution in [3.63, 3.8) is 0 Å². The minimum Gasteiger partial charge on any atom is -0.329 e. The number of hydrogen-bond donors (Lipinski definition) is 2. The first-order chi connectivity index (χ1) is 5.79. The van der Waals surface area contributed by atoms with Gasteiger partial charge in [-0.25, -0.2) is 0 Å². The summed E-state index contributed by atoms with van der Waals surface area (Å²) in [4.78, 5) is 4.22. The molecule has 0 spiro atoms. The van der Waals surface area contributed by atoms with Crippen LogP contribution in [0, 0.1) is 0 Å². The quantitative estimate of drug-likeness (QED) is 0.689. The fourth-order valence-electron chi connectivity index (χ4n) is 1.20. The van der Waals surface area contributed by atoms with E-state index in [0.717, 1.165) is 12.1 Å². The van der Waals surface area contributed by atoms with Crippen LogP contribution in [-0.4, -0.2) is 11.5 Å². The first kappa shape index (κ1) is 9.16. The van der Waals surface area contributed by atoms with Gasteiger partial charge in [0.2, 0.25) is 0 Å². The number of rotatable bonds is 3. The Morgan fingerprint density at radius 1 is 1.58 bits per heavy atom. The van der Waals surface area contributed by atoms with Gasteiger partial charge >= 0.3 is 0 Å². The molecule has 0 fully saturated rings. The van der Waals surface area contributed by atoms with Crippen molar-refractivity contribution in [1.82, 2.24) is 4.98 Å². The highest BCUT2D eigenvalue weighted by molar-refractivity contribution is 5.22.